The van der Waals surface area contributed by atoms with Gasteiger partial charge in [0.1, 0.15) is 4.90 Å². The van der Waals surface area contributed by atoms with Crippen LogP contribution < -0.4 is 10.0 Å². The van der Waals surface area contributed by atoms with Gasteiger partial charge in [-0.2, -0.15) is 5.10 Å². The SMILES string of the molecule is Cn1cc(S(=O)(=O)NCC(NC(=O)Cc2ccsc2Cl)c2ccccc2)cn1. The zero-order valence-electron chi connectivity index (χ0n) is 15.0. The maximum atomic E-state index is 12.5. The van der Waals surface area contributed by atoms with E-state index >= 15 is 0 Å². The van der Waals surface area contributed by atoms with E-state index in [1.54, 1.807) is 13.1 Å². The quantitative estimate of drug-likeness (QED) is 0.565. The fourth-order valence-corrected chi connectivity index (χ4v) is 4.57. The van der Waals surface area contributed by atoms with Gasteiger partial charge in [-0.1, -0.05) is 41.9 Å². The number of amides is 1. The van der Waals surface area contributed by atoms with Gasteiger partial charge in [-0.25, -0.2) is 13.1 Å². The summed E-state index contributed by atoms with van der Waals surface area (Å²) in [6, 6.07) is 10.5. The molecular formula is C18H19ClN4O3S2. The Bertz CT molecular complexity index is 1050. The van der Waals surface area contributed by atoms with Crippen LogP contribution in [0.3, 0.4) is 0 Å². The Balaban J connectivity index is 1.72. The summed E-state index contributed by atoms with van der Waals surface area (Å²) in [6.45, 7) is 0.00432. The van der Waals surface area contributed by atoms with E-state index in [1.807, 2.05) is 35.7 Å². The third-order valence-electron chi connectivity index (χ3n) is 4.05. The maximum Gasteiger partial charge on any atom is 0.243 e. The molecule has 2 aromatic heterocycles. The number of halogens is 1. The number of aromatic nitrogens is 2. The molecule has 10 heteroatoms. The molecule has 0 fully saturated rings. The van der Waals surface area contributed by atoms with Crippen molar-refractivity contribution < 1.29 is 13.2 Å². The number of sulfonamides is 1. The van der Waals surface area contributed by atoms with Crippen molar-refractivity contribution in [2.75, 3.05) is 6.54 Å². The van der Waals surface area contributed by atoms with Gasteiger partial charge >= 0.3 is 0 Å². The van der Waals surface area contributed by atoms with Crippen LogP contribution in [-0.4, -0.2) is 30.7 Å². The van der Waals surface area contributed by atoms with E-state index in [1.165, 1.54) is 28.4 Å². The van der Waals surface area contributed by atoms with Crippen molar-refractivity contribution in [3.05, 3.63) is 69.6 Å². The minimum absolute atomic E-state index is 0.00432. The van der Waals surface area contributed by atoms with Crippen molar-refractivity contribution in [1.29, 1.82) is 0 Å². The highest BCUT2D eigenvalue weighted by molar-refractivity contribution is 7.89. The maximum absolute atomic E-state index is 12.5. The molecule has 148 valence electrons. The second-order valence-electron chi connectivity index (χ2n) is 6.13. The predicted octanol–water partition coefficient (Wildman–Crippen LogP) is 2.51. The molecule has 0 saturated heterocycles. The van der Waals surface area contributed by atoms with Crippen molar-refractivity contribution >= 4 is 38.9 Å². The average Bonchev–Trinajstić information content (AvgIpc) is 3.28. The first-order chi connectivity index (χ1) is 13.3. The normalized spacial score (nSPS) is 12.6. The molecule has 0 aliphatic heterocycles. The van der Waals surface area contributed by atoms with Crippen LogP contribution in [0.4, 0.5) is 0 Å². The zero-order chi connectivity index (χ0) is 20.1. The van der Waals surface area contributed by atoms with E-state index in [-0.39, 0.29) is 23.8 Å². The van der Waals surface area contributed by atoms with Gasteiger partial charge in [0.05, 0.1) is 23.0 Å². The van der Waals surface area contributed by atoms with Gasteiger partial charge in [0, 0.05) is 19.8 Å². The first kappa shape index (κ1) is 20.5. The monoisotopic (exact) mass is 438 g/mol. The lowest BCUT2D eigenvalue weighted by Crippen LogP contribution is -2.38. The van der Waals surface area contributed by atoms with Crippen LogP contribution in [0, 0.1) is 0 Å². The fraction of sp³-hybridized carbons (Fsp3) is 0.222. The summed E-state index contributed by atoms with van der Waals surface area (Å²) < 4.78 is 29.5. The van der Waals surface area contributed by atoms with Crippen LogP contribution >= 0.6 is 22.9 Å². The van der Waals surface area contributed by atoms with Crippen LogP contribution in [0.5, 0.6) is 0 Å². The van der Waals surface area contributed by atoms with E-state index in [9.17, 15) is 13.2 Å². The number of carbonyl (C=O) groups is 1. The molecular weight excluding hydrogens is 420 g/mol. The molecule has 7 nitrogen and oxygen atoms in total. The molecule has 0 bridgehead atoms. The van der Waals surface area contributed by atoms with Crippen molar-refractivity contribution in [3.8, 4) is 0 Å². The summed E-state index contributed by atoms with van der Waals surface area (Å²) in [5, 5.41) is 8.59. The Kier molecular flexibility index (Phi) is 6.50. The molecule has 1 aromatic carbocycles. The number of benzene rings is 1. The molecule has 3 rings (SSSR count). The average molecular weight is 439 g/mol. The van der Waals surface area contributed by atoms with Gasteiger partial charge in [0.2, 0.25) is 15.9 Å². The number of hydrogen-bond donors (Lipinski definition) is 2. The number of nitrogens with one attached hydrogen (secondary N) is 2. The van der Waals surface area contributed by atoms with Gasteiger partial charge in [0.25, 0.3) is 0 Å². The van der Waals surface area contributed by atoms with Crippen LogP contribution in [0.25, 0.3) is 0 Å². The van der Waals surface area contributed by atoms with E-state index in [4.69, 9.17) is 11.6 Å². The second kappa shape index (κ2) is 8.87. The number of carbonyl (C=O) groups excluding carboxylic acids is 1. The van der Waals surface area contributed by atoms with Gasteiger partial charge in [-0.3, -0.25) is 9.48 Å². The van der Waals surface area contributed by atoms with Crippen LogP contribution in [-0.2, 0) is 28.3 Å². The third kappa shape index (κ3) is 5.20. The van der Waals surface area contributed by atoms with E-state index < -0.39 is 16.1 Å². The Hall–Kier alpha value is -2.20. The second-order valence-corrected chi connectivity index (χ2v) is 9.41. The fourth-order valence-electron chi connectivity index (χ4n) is 2.62. The zero-order valence-corrected chi connectivity index (χ0v) is 17.4. The van der Waals surface area contributed by atoms with E-state index in [0.29, 0.717) is 4.34 Å². The summed E-state index contributed by atoms with van der Waals surface area (Å²) in [6.07, 6.45) is 2.81. The summed E-state index contributed by atoms with van der Waals surface area (Å²) >= 11 is 7.43. The highest BCUT2D eigenvalue weighted by Crippen LogP contribution is 2.23. The molecule has 2 N–H and O–H groups in total. The molecule has 0 aliphatic carbocycles. The molecule has 0 aliphatic rings. The lowest BCUT2D eigenvalue weighted by atomic mass is 10.1. The van der Waals surface area contributed by atoms with Crippen molar-refractivity contribution in [2.45, 2.75) is 17.4 Å². The van der Waals surface area contributed by atoms with Crippen LogP contribution in [0.15, 0.2) is 59.1 Å². The number of thiophene rings is 1. The number of nitrogens with zero attached hydrogens (tertiary/aromatic N) is 2. The Morgan fingerprint density at radius 3 is 2.64 bits per heavy atom. The Morgan fingerprint density at radius 1 is 1.29 bits per heavy atom. The third-order valence-corrected chi connectivity index (χ3v) is 6.68. The van der Waals surface area contributed by atoms with Crippen molar-refractivity contribution in [1.82, 2.24) is 19.8 Å². The first-order valence-electron chi connectivity index (χ1n) is 8.39. The van der Waals surface area contributed by atoms with Crippen LogP contribution in [0.2, 0.25) is 4.34 Å². The standard InChI is InChI=1S/C18H19ClN4O3S2/c1-23-12-15(10-20-23)28(25,26)21-11-16(13-5-3-2-4-6-13)22-17(24)9-14-7-8-27-18(14)19/h2-8,10,12,16,21H,9,11H2,1H3,(H,22,24). The summed E-state index contributed by atoms with van der Waals surface area (Å²) in [5.41, 5.74) is 1.54. The largest absolute Gasteiger partial charge is 0.348 e. The molecule has 0 radical (unpaired) electrons. The summed E-state index contributed by atoms with van der Waals surface area (Å²) in [4.78, 5) is 12.6. The van der Waals surface area contributed by atoms with Gasteiger partial charge < -0.3 is 5.32 Å². The number of hydrogen-bond acceptors (Lipinski definition) is 5. The van der Waals surface area contributed by atoms with Crippen molar-refractivity contribution in [2.24, 2.45) is 7.05 Å². The molecule has 0 spiro atoms. The lowest BCUT2D eigenvalue weighted by molar-refractivity contribution is -0.121. The Labute approximate surface area is 172 Å². The Morgan fingerprint density at radius 2 is 2.04 bits per heavy atom. The number of rotatable bonds is 8. The lowest BCUT2D eigenvalue weighted by Gasteiger charge is -2.20. The van der Waals surface area contributed by atoms with E-state index in [0.717, 1.165) is 11.1 Å². The first-order valence-corrected chi connectivity index (χ1v) is 11.1. The van der Waals surface area contributed by atoms with Gasteiger partial charge in [-0.15, -0.1) is 11.3 Å². The minimum Gasteiger partial charge on any atom is -0.348 e. The van der Waals surface area contributed by atoms with E-state index in [2.05, 4.69) is 15.1 Å². The summed E-state index contributed by atoms with van der Waals surface area (Å²) in [7, 11) is -2.10. The van der Waals surface area contributed by atoms with Crippen molar-refractivity contribution in [3.63, 3.8) is 0 Å². The molecule has 1 unspecified atom stereocenters. The molecule has 1 atom stereocenters. The van der Waals surface area contributed by atoms with Gasteiger partial charge in [0.15, 0.2) is 0 Å². The topological polar surface area (TPSA) is 93.1 Å². The molecule has 0 saturated carbocycles. The molecule has 28 heavy (non-hydrogen) atoms. The molecule has 2 heterocycles. The highest BCUT2D eigenvalue weighted by Gasteiger charge is 2.21. The molecule has 1 amide bonds. The highest BCUT2D eigenvalue weighted by atomic mass is 35.5. The molecule has 3 aromatic rings. The van der Waals surface area contributed by atoms with Crippen LogP contribution in [0.1, 0.15) is 17.2 Å². The minimum atomic E-state index is -3.74. The number of aryl methyl sites for hydroxylation is 1. The predicted molar refractivity (Wildman–Crippen MR) is 109 cm³/mol. The van der Waals surface area contributed by atoms with Gasteiger partial charge in [-0.05, 0) is 22.6 Å². The summed E-state index contributed by atoms with van der Waals surface area (Å²) in [5.74, 6) is -0.241. The smallest absolute Gasteiger partial charge is 0.243 e.